The number of aliphatic hydroxyl groups is 1. The lowest BCUT2D eigenvalue weighted by Crippen LogP contribution is -2.72. The van der Waals surface area contributed by atoms with Crippen LogP contribution in [0.4, 0.5) is 10.1 Å². The SMILES string of the molecule is CCCN1c2c(cc3c(-c4cnccn4)noc3c2F)CC2(C(=O)NCN(C=O)C2=O)C1C(C)O. The van der Waals surface area contributed by atoms with Crippen molar-refractivity contribution < 1.29 is 28.4 Å². The summed E-state index contributed by atoms with van der Waals surface area (Å²) in [5.41, 5.74) is -0.856. The Kier molecular flexibility index (Phi) is 5.47. The fourth-order valence-corrected chi connectivity index (χ4v) is 5.35. The van der Waals surface area contributed by atoms with Crippen LogP contribution in [-0.4, -0.2) is 68.7 Å². The van der Waals surface area contributed by atoms with Crippen LogP contribution in [-0.2, 0) is 20.8 Å². The van der Waals surface area contributed by atoms with Crippen LogP contribution >= 0.6 is 0 Å². The number of aromatic nitrogens is 3. The molecular weight excluding hydrogens is 459 g/mol. The highest BCUT2D eigenvalue weighted by Gasteiger charge is 2.62. The van der Waals surface area contributed by atoms with E-state index in [9.17, 15) is 19.5 Å². The van der Waals surface area contributed by atoms with E-state index in [1.54, 1.807) is 6.07 Å². The second kappa shape index (κ2) is 8.38. The Balaban J connectivity index is 1.79. The molecule has 35 heavy (non-hydrogen) atoms. The number of amides is 3. The molecule has 1 fully saturated rings. The van der Waals surface area contributed by atoms with Crippen molar-refractivity contribution in [3.63, 3.8) is 0 Å². The van der Waals surface area contributed by atoms with Gasteiger partial charge in [-0.2, -0.15) is 0 Å². The number of halogens is 1. The maximum absolute atomic E-state index is 16.0. The average Bonchev–Trinajstić information content (AvgIpc) is 3.27. The van der Waals surface area contributed by atoms with E-state index in [1.165, 1.54) is 30.4 Å². The van der Waals surface area contributed by atoms with E-state index >= 15 is 4.39 Å². The number of nitrogens with zero attached hydrogens (tertiary/aromatic N) is 5. The summed E-state index contributed by atoms with van der Waals surface area (Å²) < 4.78 is 21.4. The summed E-state index contributed by atoms with van der Waals surface area (Å²) in [5, 5.41) is 17.7. The molecule has 2 N–H and O–H groups in total. The van der Waals surface area contributed by atoms with Gasteiger partial charge in [0.25, 0.3) is 0 Å². The smallest absolute Gasteiger partial charge is 0.248 e. The lowest BCUT2D eigenvalue weighted by atomic mass is 9.66. The number of imide groups is 1. The normalized spacial score (nSPS) is 22.9. The number of rotatable bonds is 5. The van der Waals surface area contributed by atoms with Crippen LogP contribution in [0.15, 0.2) is 29.2 Å². The van der Waals surface area contributed by atoms with Crippen LogP contribution < -0.4 is 10.2 Å². The average molecular weight is 482 g/mol. The molecule has 2 aliphatic heterocycles. The van der Waals surface area contributed by atoms with Gasteiger partial charge < -0.3 is 19.8 Å². The highest BCUT2D eigenvalue weighted by molar-refractivity contribution is 6.12. The first kappa shape index (κ1) is 22.8. The molecule has 11 nitrogen and oxygen atoms in total. The van der Waals surface area contributed by atoms with Gasteiger partial charge in [0, 0.05) is 25.4 Å². The van der Waals surface area contributed by atoms with Gasteiger partial charge in [0.2, 0.25) is 23.8 Å². The number of aliphatic hydroxyl groups excluding tert-OH is 1. The molecule has 1 spiro atoms. The fourth-order valence-electron chi connectivity index (χ4n) is 5.35. The number of carbonyl (C=O) groups is 3. The molecule has 1 saturated heterocycles. The molecule has 0 radical (unpaired) electrons. The largest absolute Gasteiger partial charge is 0.391 e. The molecule has 2 aromatic heterocycles. The van der Waals surface area contributed by atoms with Crippen LogP contribution in [0.2, 0.25) is 0 Å². The van der Waals surface area contributed by atoms with Crippen molar-refractivity contribution in [1.29, 1.82) is 0 Å². The highest BCUT2D eigenvalue weighted by atomic mass is 19.1. The van der Waals surface area contributed by atoms with Gasteiger partial charge in [-0.1, -0.05) is 12.1 Å². The fraction of sp³-hybridized carbons (Fsp3) is 0.391. The van der Waals surface area contributed by atoms with E-state index in [0.717, 1.165) is 4.90 Å². The summed E-state index contributed by atoms with van der Waals surface area (Å²) in [6.07, 6.45) is 3.85. The molecule has 0 aliphatic carbocycles. The van der Waals surface area contributed by atoms with Crippen LogP contribution in [0.1, 0.15) is 25.8 Å². The molecular formula is C23H23FN6O5. The number of fused-ring (bicyclic) bond motifs is 2. The third kappa shape index (κ3) is 3.20. The third-order valence-corrected chi connectivity index (χ3v) is 6.67. The molecule has 1 aromatic carbocycles. The summed E-state index contributed by atoms with van der Waals surface area (Å²) in [6, 6.07) is 0.497. The second-order valence-corrected chi connectivity index (χ2v) is 8.77. The molecule has 2 aliphatic rings. The lowest BCUT2D eigenvalue weighted by molar-refractivity contribution is -0.163. The van der Waals surface area contributed by atoms with Crippen molar-refractivity contribution in [2.24, 2.45) is 5.41 Å². The van der Waals surface area contributed by atoms with Crippen LogP contribution in [0, 0.1) is 11.2 Å². The number of carbonyl (C=O) groups excluding carboxylic acids is 3. The first-order valence-electron chi connectivity index (χ1n) is 11.2. The Bertz CT molecular complexity index is 1330. The minimum Gasteiger partial charge on any atom is -0.391 e. The van der Waals surface area contributed by atoms with Crippen LogP contribution in [0.3, 0.4) is 0 Å². The molecule has 5 rings (SSSR count). The zero-order valence-electron chi connectivity index (χ0n) is 19.1. The zero-order valence-corrected chi connectivity index (χ0v) is 19.1. The quantitative estimate of drug-likeness (QED) is 0.402. The predicted molar refractivity (Wildman–Crippen MR) is 120 cm³/mol. The van der Waals surface area contributed by atoms with Gasteiger partial charge in [0.1, 0.15) is 18.1 Å². The molecule has 12 heteroatoms. The first-order valence-corrected chi connectivity index (χ1v) is 11.2. The summed E-state index contributed by atoms with van der Waals surface area (Å²) in [5.74, 6) is -2.09. The van der Waals surface area contributed by atoms with Crippen molar-refractivity contribution in [2.75, 3.05) is 18.1 Å². The van der Waals surface area contributed by atoms with E-state index in [4.69, 9.17) is 4.52 Å². The van der Waals surface area contributed by atoms with E-state index in [0.29, 0.717) is 29.5 Å². The van der Waals surface area contributed by atoms with E-state index in [-0.39, 0.29) is 36.6 Å². The molecule has 3 amide bonds. The maximum atomic E-state index is 16.0. The van der Waals surface area contributed by atoms with E-state index < -0.39 is 35.2 Å². The summed E-state index contributed by atoms with van der Waals surface area (Å²) >= 11 is 0. The van der Waals surface area contributed by atoms with Crippen molar-refractivity contribution in [2.45, 2.75) is 38.8 Å². The van der Waals surface area contributed by atoms with E-state index in [2.05, 4.69) is 20.4 Å². The summed E-state index contributed by atoms with van der Waals surface area (Å²) in [6.45, 7) is 3.26. The Morgan fingerprint density at radius 2 is 2.20 bits per heavy atom. The third-order valence-electron chi connectivity index (χ3n) is 6.67. The van der Waals surface area contributed by atoms with E-state index in [1.807, 2.05) is 6.92 Å². The van der Waals surface area contributed by atoms with Gasteiger partial charge in [-0.25, -0.2) is 4.39 Å². The minimum atomic E-state index is -1.85. The number of hydrogen-bond donors (Lipinski definition) is 2. The number of benzene rings is 1. The van der Waals surface area contributed by atoms with Crippen molar-refractivity contribution in [1.82, 2.24) is 25.3 Å². The van der Waals surface area contributed by atoms with Gasteiger partial charge >= 0.3 is 0 Å². The maximum Gasteiger partial charge on any atom is 0.248 e. The molecule has 0 saturated carbocycles. The standard InChI is InChI=1S/C23H23FN6O5/c1-3-6-30-18-13(7-14-17(15-9-25-4-5-26-15)28-35-19(14)16(18)24)8-23(20(30)12(2)32)21(33)27-10-29(11-31)22(23)34/h4-5,7,9,11-12,20,32H,3,6,8,10H2,1-2H3,(H,27,33). The van der Waals surface area contributed by atoms with Gasteiger partial charge in [-0.15, -0.1) is 0 Å². The van der Waals surface area contributed by atoms with Crippen LogP contribution in [0.25, 0.3) is 22.4 Å². The Morgan fingerprint density at radius 1 is 1.40 bits per heavy atom. The molecule has 3 aromatic rings. The van der Waals surface area contributed by atoms with Crippen molar-refractivity contribution in [3.8, 4) is 11.4 Å². The molecule has 3 atom stereocenters. The summed E-state index contributed by atoms with van der Waals surface area (Å²) in [7, 11) is 0. The Labute approximate surface area is 198 Å². The first-order chi connectivity index (χ1) is 16.8. The minimum absolute atomic E-state index is 0.111. The van der Waals surface area contributed by atoms with Gasteiger partial charge in [0.05, 0.1) is 29.4 Å². The summed E-state index contributed by atoms with van der Waals surface area (Å²) in [4.78, 5) is 49.1. The van der Waals surface area contributed by atoms with Crippen molar-refractivity contribution in [3.05, 3.63) is 36.0 Å². The highest BCUT2D eigenvalue weighted by Crippen LogP contribution is 2.48. The molecule has 182 valence electrons. The molecule has 4 heterocycles. The monoisotopic (exact) mass is 482 g/mol. The number of nitrogens with one attached hydrogen (secondary N) is 1. The van der Waals surface area contributed by atoms with Gasteiger partial charge in [-0.05, 0) is 25.0 Å². The van der Waals surface area contributed by atoms with Gasteiger partial charge in [-0.3, -0.25) is 29.3 Å². The Morgan fingerprint density at radius 3 is 2.86 bits per heavy atom. The topological polar surface area (TPSA) is 142 Å². The number of hydrogen-bond acceptors (Lipinski definition) is 9. The zero-order chi connectivity index (χ0) is 24.9. The number of anilines is 1. The van der Waals surface area contributed by atoms with Gasteiger partial charge in [0.15, 0.2) is 11.2 Å². The lowest BCUT2D eigenvalue weighted by Gasteiger charge is -2.52. The van der Waals surface area contributed by atoms with Crippen molar-refractivity contribution >= 4 is 34.9 Å². The Hall–Kier alpha value is -3.93. The molecule has 3 unspecified atom stereocenters. The second-order valence-electron chi connectivity index (χ2n) is 8.77. The molecule has 0 bridgehead atoms. The predicted octanol–water partition coefficient (Wildman–Crippen LogP) is 1.00. The van der Waals surface area contributed by atoms with Crippen LogP contribution in [0.5, 0.6) is 0 Å².